The predicted molar refractivity (Wildman–Crippen MR) is 80.9 cm³/mol. The third-order valence-corrected chi connectivity index (χ3v) is 5.74. The summed E-state index contributed by atoms with van der Waals surface area (Å²) in [5.74, 6) is 3.89. The molecule has 108 valence electrons. The van der Waals surface area contributed by atoms with Gasteiger partial charge in [-0.15, -0.1) is 0 Å². The van der Waals surface area contributed by atoms with Crippen LogP contribution in [-0.2, 0) is 12.8 Å². The first-order valence-corrected chi connectivity index (χ1v) is 8.33. The number of aryl methyl sites for hydroxylation is 1. The monoisotopic (exact) mass is 271 g/mol. The molecule has 1 aromatic carbocycles. The number of hydrogen-bond donors (Lipinski definition) is 1. The van der Waals surface area contributed by atoms with Crippen LogP contribution >= 0.6 is 0 Å². The van der Waals surface area contributed by atoms with Crippen LogP contribution in [0.15, 0.2) is 18.2 Å². The molecule has 1 aromatic rings. The Hall–Kier alpha value is -1.02. The fourth-order valence-corrected chi connectivity index (χ4v) is 4.60. The van der Waals surface area contributed by atoms with E-state index in [2.05, 4.69) is 18.2 Å². The van der Waals surface area contributed by atoms with Gasteiger partial charge in [-0.1, -0.05) is 25.0 Å². The molecule has 2 nitrogen and oxygen atoms in total. The molecule has 3 aliphatic rings. The molecule has 1 aliphatic heterocycles. The van der Waals surface area contributed by atoms with Gasteiger partial charge in [0.15, 0.2) is 0 Å². The molecule has 0 bridgehead atoms. The van der Waals surface area contributed by atoms with Crippen molar-refractivity contribution in [2.45, 2.75) is 51.0 Å². The highest BCUT2D eigenvalue weighted by molar-refractivity contribution is 5.39. The Kier molecular flexibility index (Phi) is 3.22. The van der Waals surface area contributed by atoms with E-state index in [9.17, 15) is 0 Å². The Morgan fingerprint density at radius 2 is 2.00 bits per heavy atom. The number of nitrogens with two attached hydrogens (primary N) is 1. The molecule has 2 N–H and O–H groups in total. The van der Waals surface area contributed by atoms with Crippen LogP contribution in [0.3, 0.4) is 0 Å². The van der Waals surface area contributed by atoms with Gasteiger partial charge in [0.1, 0.15) is 5.75 Å². The summed E-state index contributed by atoms with van der Waals surface area (Å²) in [4.78, 5) is 0. The largest absolute Gasteiger partial charge is 0.493 e. The van der Waals surface area contributed by atoms with Crippen molar-refractivity contribution < 1.29 is 4.74 Å². The van der Waals surface area contributed by atoms with E-state index >= 15 is 0 Å². The van der Waals surface area contributed by atoms with Gasteiger partial charge in [0.2, 0.25) is 0 Å². The minimum Gasteiger partial charge on any atom is -0.493 e. The molecular weight excluding hydrogens is 246 g/mol. The van der Waals surface area contributed by atoms with Crippen molar-refractivity contribution in [1.82, 2.24) is 0 Å². The molecule has 4 rings (SSSR count). The van der Waals surface area contributed by atoms with E-state index in [0.717, 1.165) is 49.4 Å². The third kappa shape index (κ3) is 2.24. The highest BCUT2D eigenvalue weighted by atomic mass is 16.5. The summed E-state index contributed by atoms with van der Waals surface area (Å²) in [5.41, 5.74) is 9.30. The fourth-order valence-electron chi connectivity index (χ4n) is 4.60. The molecule has 2 saturated carbocycles. The molecule has 0 amide bonds. The van der Waals surface area contributed by atoms with Crippen LogP contribution in [0.5, 0.6) is 5.75 Å². The molecule has 0 spiro atoms. The Morgan fingerprint density at radius 3 is 2.80 bits per heavy atom. The van der Waals surface area contributed by atoms with Crippen LogP contribution in [-0.4, -0.2) is 12.6 Å². The third-order valence-electron chi connectivity index (χ3n) is 5.74. The van der Waals surface area contributed by atoms with E-state index in [1.807, 2.05) is 0 Å². The second kappa shape index (κ2) is 5.07. The quantitative estimate of drug-likeness (QED) is 0.911. The van der Waals surface area contributed by atoms with Gasteiger partial charge in [-0.2, -0.15) is 0 Å². The van der Waals surface area contributed by atoms with Crippen molar-refractivity contribution >= 4 is 0 Å². The highest BCUT2D eigenvalue weighted by Crippen LogP contribution is 2.57. The summed E-state index contributed by atoms with van der Waals surface area (Å²) in [7, 11) is 0. The number of benzene rings is 1. The zero-order valence-electron chi connectivity index (χ0n) is 12.2. The smallest absolute Gasteiger partial charge is 0.122 e. The predicted octanol–water partition coefficient (Wildman–Crippen LogP) is 3.32. The van der Waals surface area contributed by atoms with Crippen LogP contribution < -0.4 is 10.5 Å². The summed E-state index contributed by atoms with van der Waals surface area (Å²) in [6.07, 6.45) is 9.12. The molecule has 2 fully saturated rings. The zero-order valence-corrected chi connectivity index (χ0v) is 12.2. The Balaban J connectivity index is 1.34. The second-order valence-corrected chi connectivity index (χ2v) is 6.93. The van der Waals surface area contributed by atoms with Gasteiger partial charge in [0.05, 0.1) is 6.61 Å². The van der Waals surface area contributed by atoms with E-state index in [0.29, 0.717) is 6.04 Å². The van der Waals surface area contributed by atoms with Gasteiger partial charge in [-0.3, -0.25) is 0 Å². The van der Waals surface area contributed by atoms with Crippen LogP contribution in [0.2, 0.25) is 0 Å². The van der Waals surface area contributed by atoms with E-state index in [-0.39, 0.29) is 0 Å². The van der Waals surface area contributed by atoms with Gasteiger partial charge < -0.3 is 10.5 Å². The van der Waals surface area contributed by atoms with Crippen molar-refractivity contribution in [3.8, 4) is 5.75 Å². The molecule has 2 aliphatic carbocycles. The first-order chi connectivity index (χ1) is 9.83. The van der Waals surface area contributed by atoms with Crippen LogP contribution in [0.25, 0.3) is 0 Å². The van der Waals surface area contributed by atoms with Crippen LogP contribution in [0.4, 0.5) is 0 Å². The van der Waals surface area contributed by atoms with Gasteiger partial charge in [0, 0.05) is 12.5 Å². The number of rotatable bonds is 4. The van der Waals surface area contributed by atoms with E-state index in [1.165, 1.54) is 36.8 Å². The van der Waals surface area contributed by atoms with E-state index < -0.39 is 0 Å². The Morgan fingerprint density at radius 1 is 1.20 bits per heavy atom. The lowest BCUT2D eigenvalue weighted by atomic mass is 9.99. The molecule has 0 aromatic heterocycles. The minimum absolute atomic E-state index is 0.424. The normalized spacial score (nSPS) is 32.1. The lowest BCUT2D eigenvalue weighted by Crippen LogP contribution is -2.24. The summed E-state index contributed by atoms with van der Waals surface area (Å²) in [5, 5.41) is 0. The van der Waals surface area contributed by atoms with Crippen molar-refractivity contribution in [1.29, 1.82) is 0 Å². The van der Waals surface area contributed by atoms with E-state index in [1.54, 1.807) is 0 Å². The first-order valence-electron chi connectivity index (χ1n) is 8.33. The first kappa shape index (κ1) is 12.7. The summed E-state index contributed by atoms with van der Waals surface area (Å²) < 4.78 is 5.57. The van der Waals surface area contributed by atoms with Gasteiger partial charge >= 0.3 is 0 Å². The average molecular weight is 271 g/mol. The molecule has 0 radical (unpaired) electrons. The van der Waals surface area contributed by atoms with Gasteiger partial charge in [-0.05, 0) is 60.6 Å². The van der Waals surface area contributed by atoms with Crippen molar-refractivity contribution in [2.24, 2.45) is 23.5 Å². The van der Waals surface area contributed by atoms with Crippen LogP contribution in [0.1, 0.15) is 43.2 Å². The lowest BCUT2D eigenvalue weighted by molar-refractivity contribution is 0.357. The Labute approximate surface area is 121 Å². The Bertz CT molecular complexity index is 486. The van der Waals surface area contributed by atoms with Crippen molar-refractivity contribution in [2.75, 3.05) is 6.61 Å². The standard InChI is InChI=1S/C18H25NO/c19-16(18-14-3-1-2-4-15(14)18)7-5-12-6-8-17-13(11-12)9-10-20-17/h6,8,11,14-16,18H,1-5,7,9-10,19H2. The molecule has 0 saturated heterocycles. The highest BCUT2D eigenvalue weighted by Gasteiger charge is 2.52. The molecular formula is C18H25NO. The van der Waals surface area contributed by atoms with Crippen molar-refractivity contribution in [3.63, 3.8) is 0 Å². The summed E-state index contributed by atoms with van der Waals surface area (Å²) >= 11 is 0. The maximum absolute atomic E-state index is 6.47. The van der Waals surface area contributed by atoms with Gasteiger partial charge in [0.25, 0.3) is 0 Å². The lowest BCUT2D eigenvalue weighted by Gasteiger charge is -2.12. The number of hydrogen-bond acceptors (Lipinski definition) is 2. The van der Waals surface area contributed by atoms with Crippen LogP contribution in [0, 0.1) is 17.8 Å². The summed E-state index contributed by atoms with van der Waals surface area (Å²) in [6.45, 7) is 0.851. The maximum atomic E-state index is 6.47. The minimum atomic E-state index is 0.424. The fraction of sp³-hybridized carbons (Fsp3) is 0.667. The zero-order chi connectivity index (χ0) is 13.5. The maximum Gasteiger partial charge on any atom is 0.122 e. The topological polar surface area (TPSA) is 35.2 Å². The molecule has 3 atom stereocenters. The molecule has 2 heteroatoms. The molecule has 20 heavy (non-hydrogen) atoms. The number of ether oxygens (including phenoxy) is 1. The summed E-state index contributed by atoms with van der Waals surface area (Å²) in [6, 6.07) is 7.11. The SMILES string of the molecule is NC(CCc1ccc2c(c1)CCO2)C1C2CCCCC21. The molecule has 3 unspecified atom stereocenters. The number of fused-ring (bicyclic) bond motifs is 2. The second-order valence-electron chi connectivity index (χ2n) is 6.93. The van der Waals surface area contributed by atoms with Crippen molar-refractivity contribution in [3.05, 3.63) is 29.3 Å². The molecule has 1 heterocycles. The van der Waals surface area contributed by atoms with Gasteiger partial charge in [-0.25, -0.2) is 0 Å². The average Bonchev–Trinajstić information content (AvgIpc) is 3.03. The van der Waals surface area contributed by atoms with E-state index in [4.69, 9.17) is 10.5 Å².